The van der Waals surface area contributed by atoms with Crippen LogP contribution < -0.4 is 15.8 Å². The molecule has 5 rings (SSSR count). The smallest absolute Gasteiger partial charge is 0.251 e. The number of aromatic nitrogens is 2. The van der Waals surface area contributed by atoms with Crippen LogP contribution in [0.1, 0.15) is 37.3 Å². The van der Waals surface area contributed by atoms with E-state index in [2.05, 4.69) is 51.4 Å². The molecule has 6 nitrogen and oxygen atoms in total. The molecular formula is C25H31N5O. The third-order valence-corrected chi connectivity index (χ3v) is 6.84. The Bertz CT molecular complexity index is 1120. The van der Waals surface area contributed by atoms with Crippen LogP contribution in [-0.2, 0) is 0 Å². The number of likely N-dealkylation sites (N-methyl/N-ethyl adjacent to an activating group) is 1. The van der Waals surface area contributed by atoms with Crippen LogP contribution in [0.2, 0.25) is 0 Å². The molecule has 1 N–H and O–H groups in total. The van der Waals surface area contributed by atoms with Gasteiger partial charge >= 0.3 is 0 Å². The number of nitrogens with one attached hydrogen (secondary N) is 1. The average molecular weight is 418 g/mol. The van der Waals surface area contributed by atoms with Crippen molar-refractivity contribution in [1.82, 2.24) is 14.5 Å². The molecule has 0 unspecified atom stereocenters. The van der Waals surface area contributed by atoms with Crippen molar-refractivity contribution in [2.24, 2.45) is 0 Å². The molecule has 6 heteroatoms. The monoisotopic (exact) mass is 417 g/mol. The summed E-state index contributed by atoms with van der Waals surface area (Å²) in [7, 11) is 2.18. The van der Waals surface area contributed by atoms with E-state index in [1.165, 1.54) is 18.5 Å². The predicted molar refractivity (Wildman–Crippen MR) is 128 cm³/mol. The lowest BCUT2D eigenvalue weighted by atomic mass is 10.1. The highest BCUT2D eigenvalue weighted by Crippen LogP contribution is 2.32. The van der Waals surface area contributed by atoms with Crippen LogP contribution in [0.4, 0.5) is 17.2 Å². The van der Waals surface area contributed by atoms with Gasteiger partial charge in [0, 0.05) is 67.3 Å². The molecule has 0 atom stereocenters. The van der Waals surface area contributed by atoms with Gasteiger partial charge in [0.1, 0.15) is 5.82 Å². The zero-order valence-electron chi connectivity index (χ0n) is 18.5. The number of piperazine rings is 1. The topological polar surface area (TPSA) is 53.4 Å². The maximum absolute atomic E-state index is 12.8. The highest BCUT2D eigenvalue weighted by atomic mass is 16.1. The third-order valence-electron chi connectivity index (χ3n) is 6.84. The fourth-order valence-electron chi connectivity index (χ4n) is 4.97. The zero-order valence-corrected chi connectivity index (χ0v) is 18.5. The lowest BCUT2D eigenvalue weighted by Gasteiger charge is -2.34. The Morgan fingerprint density at radius 3 is 2.42 bits per heavy atom. The first-order chi connectivity index (χ1) is 15.1. The predicted octanol–water partition coefficient (Wildman–Crippen LogP) is 4.32. The highest BCUT2D eigenvalue weighted by molar-refractivity contribution is 5.84. The Kier molecular flexibility index (Phi) is 5.40. The molecule has 1 aromatic carbocycles. The summed E-state index contributed by atoms with van der Waals surface area (Å²) in [6.45, 7) is 6.32. The molecule has 0 spiro atoms. The quantitative estimate of drug-likeness (QED) is 0.685. The normalized spacial score (nSPS) is 18.1. The molecule has 0 amide bonds. The van der Waals surface area contributed by atoms with Crippen molar-refractivity contribution >= 4 is 28.1 Å². The van der Waals surface area contributed by atoms with Gasteiger partial charge < -0.3 is 19.7 Å². The van der Waals surface area contributed by atoms with Crippen LogP contribution in [0.15, 0.2) is 47.4 Å². The fourth-order valence-corrected chi connectivity index (χ4v) is 4.97. The summed E-state index contributed by atoms with van der Waals surface area (Å²) in [5.41, 5.74) is 4.35. The maximum Gasteiger partial charge on any atom is 0.251 e. The van der Waals surface area contributed by atoms with Crippen molar-refractivity contribution in [1.29, 1.82) is 0 Å². The van der Waals surface area contributed by atoms with Gasteiger partial charge in [0.25, 0.3) is 5.56 Å². The van der Waals surface area contributed by atoms with Gasteiger partial charge in [-0.05, 0) is 56.6 Å². The van der Waals surface area contributed by atoms with Gasteiger partial charge in [-0.1, -0.05) is 12.8 Å². The molecule has 2 fully saturated rings. The van der Waals surface area contributed by atoms with Crippen LogP contribution in [0.3, 0.4) is 0 Å². The summed E-state index contributed by atoms with van der Waals surface area (Å²) in [6, 6.07) is 12.7. The standard InChI is InChI=1S/C25H31N5O/c1-18-15-25(31)30(21-5-3-4-6-21)23-16-24(26-17-22(18)23)27-19-7-9-20(10-8-19)29-13-11-28(2)12-14-29/h7-10,15-17,21H,3-6,11-14H2,1-2H3,(H,26,27). The minimum absolute atomic E-state index is 0.102. The van der Waals surface area contributed by atoms with E-state index < -0.39 is 0 Å². The maximum atomic E-state index is 12.8. The molecule has 1 aliphatic carbocycles. The van der Waals surface area contributed by atoms with E-state index in [0.29, 0.717) is 6.04 Å². The van der Waals surface area contributed by atoms with Gasteiger partial charge in [-0.15, -0.1) is 0 Å². The van der Waals surface area contributed by atoms with Gasteiger partial charge in [0.15, 0.2) is 0 Å². The number of benzene rings is 1. The number of nitrogens with zero attached hydrogens (tertiary/aromatic N) is 4. The minimum Gasteiger partial charge on any atom is -0.369 e. The van der Waals surface area contributed by atoms with Crippen LogP contribution in [0, 0.1) is 6.92 Å². The SMILES string of the molecule is Cc1cc(=O)n(C2CCCC2)c2cc(Nc3ccc(N4CCN(C)CC4)cc3)ncc12. The first-order valence-corrected chi connectivity index (χ1v) is 11.4. The molecule has 162 valence electrons. The van der Waals surface area contributed by atoms with E-state index in [1.807, 2.05) is 23.8 Å². The zero-order chi connectivity index (χ0) is 21.4. The molecule has 0 bridgehead atoms. The fraction of sp³-hybridized carbons (Fsp3) is 0.440. The van der Waals surface area contributed by atoms with Crippen molar-refractivity contribution in [3.05, 3.63) is 58.5 Å². The molecule has 1 saturated carbocycles. The second-order valence-electron chi connectivity index (χ2n) is 9.02. The molecule has 3 heterocycles. The second kappa shape index (κ2) is 8.35. The Labute approximate surface area is 183 Å². The van der Waals surface area contributed by atoms with E-state index in [4.69, 9.17) is 0 Å². The molecule has 1 aliphatic heterocycles. The third kappa shape index (κ3) is 4.04. The molecule has 31 heavy (non-hydrogen) atoms. The van der Waals surface area contributed by atoms with Crippen molar-refractivity contribution < 1.29 is 0 Å². The Morgan fingerprint density at radius 1 is 1.00 bits per heavy atom. The van der Waals surface area contributed by atoms with E-state index >= 15 is 0 Å². The van der Waals surface area contributed by atoms with Crippen molar-refractivity contribution in [3.8, 4) is 0 Å². The van der Waals surface area contributed by atoms with E-state index in [0.717, 1.165) is 67.0 Å². The first kappa shape index (κ1) is 20.1. The van der Waals surface area contributed by atoms with Gasteiger partial charge in [0.2, 0.25) is 0 Å². The molecule has 2 aliphatic rings. The van der Waals surface area contributed by atoms with Gasteiger partial charge in [-0.2, -0.15) is 0 Å². The van der Waals surface area contributed by atoms with E-state index in [-0.39, 0.29) is 5.56 Å². The number of rotatable bonds is 4. The summed E-state index contributed by atoms with van der Waals surface area (Å²) in [5.74, 6) is 0.775. The molecular weight excluding hydrogens is 386 g/mol. The average Bonchev–Trinajstić information content (AvgIpc) is 3.29. The number of anilines is 3. The number of hydrogen-bond acceptors (Lipinski definition) is 5. The lowest BCUT2D eigenvalue weighted by molar-refractivity contribution is 0.313. The summed E-state index contributed by atoms with van der Waals surface area (Å²) in [4.78, 5) is 22.3. The number of aryl methyl sites for hydroxylation is 1. The van der Waals surface area contributed by atoms with Gasteiger partial charge in [-0.3, -0.25) is 4.79 Å². The summed E-state index contributed by atoms with van der Waals surface area (Å²) < 4.78 is 2.00. The minimum atomic E-state index is 0.102. The number of fused-ring (bicyclic) bond motifs is 1. The van der Waals surface area contributed by atoms with Crippen LogP contribution in [0.25, 0.3) is 10.9 Å². The van der Waals surface area contributed by atoms with Crippen LogP contribution in [-0.4, -0.2) is 47.7 Å². The number of hydrogen-bond donors (Lipinski definition) is 1. The molecule has 2 aromatic heterocycles. The Balaban J connectivity index is 1.41. The van der Waals surface area contributed by atoms with Gasteiger partial charge in [-0.25, -0.2) is 4.98 Å². The van der Waals surface area contributed by atoms with E-state index in [1.54, 1.807) is 6.07 Å². The molecule has 3 aromatic rings. The summed E-state index contributed by atoms with van der Waals surface area (Å²) in [5, 5.41) is 4.49. The van der Waals surface area contributed by atoms with Gasteiger partial charge in [0.05, 0.1) is 5.52 Å². The Hall–Kier alpha value is -2.86. The number of pyridine rings is 2. The van der Waals surface area contributed by atoms with Crippen LogP contribution >= 0.6 is 0 Å². The molecule has 0 radical (unpaired) electrons. The largest absolute Gasteiger partial charge is 0.369 e. The second-order valence-corrected chi connectivity index (χ2v) is 9.02. The lowest BCUT2D eigenvalue weighted by Crippen LogP contribution is -2.44. The van der Waals surface area contributed by atoms with Crippen molar-refractivity contribution in [2.45, 2.75) is 38.6 Å². The summed E-state index contributed by atoms with van der Waals surface area (Å²) >= 11 is 0. The summed E-state index contributed by atoms with van der Waals surface area (Å²) in [6.07, 6.45) is 6.45. The highest BCUT2D eigenvalue weighted by Gasteiger charge is 2.21. The van der Waals surface area contributed by atoms with Crippen LogP contribution in [0.5, 0.6) is 0 Å². The first-order valence-electron chi connectivity index (χ1n) is 11.4. The Morgan fingerprint density at radius 2 is 1.71 bits per heavy atom. The van der Waals surface area contributed by atoms with E-state index in [9.17, 15) is 4.79 Å². The molecule has 1 saturated heterocycles. The van der Waals surface area contributed by atoms with Crippen molar-refractivity contribution in [2.75, 3.05) is 43.4 Å². The van der Waals surface area contributed by atoms with Crippen molar-refractivity contribution in [3.63, 3.8) is 0 Å².